The maximum atomic E-state index is 12.1. The average Bonchev–Trinajstić information content (AvgIpc) is 2.45. The van der Waals surface area contributed by atoms with E-state index in [1.807, 2.05) is 0 Å². The van der Waals surface area contributed by atoms with Gasteiger partial charge in [-0.25, -0.2) is 0 Å². The molecule has 1 aromatic carbocycles. The van der Waals surface area contributed by atoms with Crippen molar-refractivity contribution in [1.82, 2.24) is 0 Å². The standard InChI is InChI=1S/C15H22N2O3/c1-2-3-4-10-9-11-12(16-7-8-18)5-6-13(19)14(11)17-15(10)20/h5-6,10,16,18-19H,2-4,7-9H2,1H3,(H,17,20). The lowest BCUT2D eigenvalue weighted by Gasteiger charge is -2.27. The quantitative estimate of drug-likeness (QED) is 0.474. The van der Waals surface area contributed by atoms with Gasteiger partial charge in [-0.15, -0.1) is 0 Å². The third kappa shape index (κ3) is 3.04. The number of carbonyl (C=O) groups excluding carboxylic acids is 1. The molecule has 110 valence electrons. The van der Waals surface area contributed by atoms with Crippen molar-refractivity contribution in [2.24, 2.45) is 5.92 Å². The number of carbonyl (C=O) groups is 1. The minimum atomic E-state index is -0.0427. The van der Waals surface area contributed by atoms with Gasteiger partial charge in [0.05, 0.1) is 12.3 Å². The van der Waals surface area contributed by atoms with Crippen LogP contribution >= 0.6 is 0 Å². The molecule has 2 rings (SSSR count). The molecule has 0 aliphatic carbocycles. The summed E-state index contributed by atoms with van der Waals surface area (Å²) in [5.74, 6) is 0.0383. The number of aliphatic hydroxyl groups is 1. The van der Waals surface area contributed by atoms with Crippen LogP contribution < -0.4 is 10.6 Å². The highest BCUT2D eigenvalue weighted by Gasteiger charge is 2.29. The molecule has 4 N–H and O–H groups in total. The number of aliphatic hydroxyl groups excluding tert-OH is 1. The summed E-state index contributed by atoms with van der Waals surface area (Å²) >= 11 is 0. The summed E-state index contributed by atoms with van der Waals surface area (Å²) in [6.45, 7) is 2.60. The number of hydrogen-bond donors (Lipinski definition) is 4. The molecule has 0 bridgehead atoms. The van der Waals surface area contributed by atoms with Gasteiger partial charge in [0.25, 0.3) is 0 Å². The Morgan fingerprint density at radius 1 is 1.45 bits per heavy atom. The van der Waals surface area contributed by atoms with Crippen molar-refractivity contribution in [3.63, 3.8) is 0 Å². The van der Waals surface area contributed by atoms with Crippen molar-refractivity contribution in [1.29, 1.82) is 0 Å². The Bertz CT molecular complexity index is 488. The monoisotopic (exact) mass is 278 g/mol. The fraction of sp³-hybridized carbons (Fsp3) is 0.533. The lowest BCUT2D eigenvalue weighted by molar-refractivity contribution is -0.120. The van der Waals surface area contributed by atoms with E-state index in [-0.39, 0.29) is 24.2 Å². The number of rotatable bonds is 6. The van der Waals surface area contributed by atoms with E-state index in [1.165, 1.54) is 0 Å². The molecule has 0 spiro atoms. The molecule has 5 nitrogen and oxygen atoms in total. The lowest BCUT2D eigenvalue weighted by atomic mass is 9.88. The van der Waals surface area contributed by atoms with Gasteiger partial charge in [0, 0.05) is 23.7 Å². The van der Waals surface area contributed by atoms with E-state index in [0.29, 0.717) is 18.7 Å². The fourth-order valence-electron chi connectivity index (χ4n) is 2.59. The van der Waals surface area contributed by atoms with E-state index in [2.05, 4.69) is 17.6 Å². The highest BCUT2D eigenvalue weighted by atomic mass is 16.3. The van der Waals surface area contributed by atoms with Gasteiger partial charge < -0.3 is 20.8 Å². The summed E-state index contributed by atoms with van der Waals surface area (Å²) < 4.78 is 0. The van der Waals surface area contributed by atoms with Gasteiger partial charge in [0.15, 0.2) is 0 Å². The molecule has 0 saturated heterocycles. The van der Waals surface area contributed by atoms with Crippen molar-refractivity contribution in [2.45, 2.75) is 32.6 Å². The summed E-state index contributed by atoms with van der Waals surface area (Å²) in [6.07, 6.45) is 3.57. The molecule has 1 unspecified atom stereocenters. The molecule has 20 heavy (non-hydrogen) atoms. The third-order valence-electron chi connectivity index (χ3n) is 3.69. The van der Waals surface area contributed by atoms with Crippen LogP contribution in [0.1, 0.15) is 31.7 Å². The Labute approximate surface area is 119 Å². The first-order valence-corrected chi connectivity index (χ1v) is 7.17. The van der Waals surface area contributed by atoms with Crippen molar-refractivity contribution in [2.75, 3.05) is 23.8 Å². The van der Waals surface area contributed by atoms with Crippen LogP contribution in [0, 0.1) is 5.92 Å². The summed E-state index contributed by atoms with van der Waals surface area (Å²) in [6, 6.07) is 3.35. The van der Waals surface area contributed by atoms with Crippen LogP contribution in [0.2, 0.25) is 0 Å². The van der Waals surface area contributed by atoms with Gasteiger partial charge >= 0.3 is 0 Å². The Balaban J connectivity index is 2.26. The average molecular weight is 278 g/mol. The molecule has 0 fully saturated rings. The molecule has 0 aromatic heterocycles. The molecule has 1 aliphatic heterocycles. The Morgan fingerprint density at radius 2 is 2.25 bits per heavy atom. The molecular weight excluding hydrogens is 256 g/mol. The van der Waals surface area contributed by atoms with E-state index >= 15 is 0 Å². The van der Waals surface area contributed by atoms with E-state index in [0.717, 1.165) is 30.5 Å². The second-order valence-electron chi connectivity index (χ2n) is 5.17. The second-order valence-corrected chi connectivity index (χ2v) is 5.17. The second kappa shape index (κ2) is 6.61. The summed E-state index contributed by atoms with van der Waals surface area (Å²) in [7, 11) is 0. The third-order valence-corrected chi connectivity index (χ3v) is 3.69. The number of benzene rings is 1. The summed E-state index contributed by atoms with van der Waals surface area (Å²) in [4.78, 5) is 12.1. The van der Waals surface area contributed by atoms with Crippen molar-refractivity contribution in [3.05, 3.63) is 17.7 Å². The Kier molecular flexibility index (Phi) is 4.84. The van der Waals surface area contributed by atoms with Gasteiger partial charge in [0.1, 0.15) is 5.75 Å². The zero-order valence-corrected chi connectivity index (χ0v) is 11.8. The van der Waals surface area contributed by atoms with Crippen molar-refractivity contribution < 1.29 is 15.0 Å². The van der Waals surface area contributed by atoms with Crippen LogP contribution in [0.4, 0.5) is 11.4 Å². The number of unbranched alkanes of at least 4 members (excludes halogenated alkanes) is 1. The molecule has 1 atom stereocenters. The van der Waals surface area contributed by atoms with Crippen LogP contribution in [0.3, 0.4) is 0 Å². The van der Waals surface area contributed by atoms with Gasteiger partial charge in [-0.2, -0.15) is 0 Å². The molecule has 1 aliphatic rings. The smallest absolute Gasteiger partial charge is 0.227 e. The number of hydrogen-bond acceptors (Lipinski definition) is 4. The minimum Gasteiger partial charge on any atom is -0.506 e. The molecule has 5 heteroatoms. The van der Waals surface area contributed by atoms with Crippen LogP contribution in [-0.2, 0) is 11.2 Å². The first-order valence-electron chi connectivity index (χ1n) is 7.17. The van der Waals surface area contributed by atoms with Crippen LogP contribution in [0.5, 0.6) is 5.75 Å². The molecule has 1 amide bonds. The topological polar surface area (TPSA) is 81.6 Å². The molecule has 0 radical (unpaired) electrons. The molecular formula is C15H22N2O3. The molecule has 0 saturated carbocycles. The zero-order valence-electron chi connectivity index (χ0n) is 11.8. The largest absolute Gasteiger partial charge is 0.506 e. The van der Waals surface area contributed by atoms with Gasteiger partial charge in [0.2, 0.25) is 5.91 Å². The minimum absolute atomic E-state index is 0.0134. The van der Waals surface area contributed by atoms with Crippen molar-refractivity contribution >= 4 is 17.3 Å². The van der Waals surface area contributed by atoms with Crippen LogP contribution in [0.15, 0.2) is 12.1 Å². The summed E-state index contributed by atoms with van der Waals surface area (Å²) in [5.41, 5.74) is 2.30. The lowest BCUT2D eigenvalue weighted by Crippen LogP contribution is -2.30. The highest BCUT2D eigenvalue weighted by molar-refractivity contribution is 5.98. The van der Waals surface area contributed by atoms with E-state index in [1.54, 1.807) is 12.1 Å². The number of phenols is 1. The molecule has 1 aromatic rings. The van der Waals surface area contributed by atoms with Crippen LogP contribution in [-0.4, -0.2) is 29.3 Å². The van der Waals surface area contributed by atoms with E-state index < -0.39 is 0 Å². The number of anilines is 2. The summed E-state index contributed by atoms with van der Waals surface area (Å²) in [5, 5.41) is 24.8. The van der Waals surface area contributed by atoms with E-state index in [4.69, 9.17) is 5.11 Å². The first kappa shape index (κ1) is 14.7. The maximum Gasteiger partial charge on any atom is 0.227 e. The number of amides is 1. The fourth-order valence-corrected chi connectivity index (χ4v) is 2.59. The normalized spacial score (nSPS) is 17.5. The Hall–Kier alpha value is -1.75. The predicted octanol–water partition coefficient (Wildman–Crippen LogP) is 2.10. The van der Waals surface area contributed by atoms with Gasteiger partial charge in [-0.1, -0.05) is 19.8 Å². The highest BCUT2D eigenvalue weighted by Crippen LogP contribution is 2.39. The maximum absolute atomic E-state index is 12.1. The van der Waals surface area contributed by atoms with Crippen LogP contribution in [0.25, 0.3) is 0 Å². The first-order chi connectivity index (χ1) is 9.67. The van der Waals surface area contributed by atoms with Gasteiger partial charge in [-0.3, -0.25) is 4.79 Å². The zero-order chi connectivity index (χ0) is 14.5. The van der Waals surface area contributed by atoms with E-state index in [9.17, 15) is 9.90 Å². The van der Waals surface area contributed by atoms with Crippen molar-refractivity contribution in [3.8, 4) is 5.75 Å². The number of nitrogens with one attached hydrogen (secondary N) is 2. The number of phenolic OH excluding ortho intramolecular Hbond substituents is 1. The number of fused-ring (bicyclic) bond motifs is 1. The molecule has 1 heterocycles. The number of aromatic hydroxyl groups is 1. The Morgan fingerprint density at radius 3 is 2.95 bits per heavy atom. The predicted molar refractivity (Wildman–Crippen MR) is 79.0 cm³/mol. The van der Waals surface area contributed by atoms with Gasteiger partial charge in [-0.05, 0) is 25.0 Å². The SMILES string of the molecule is CCCCC1Cc2c(NCCO)ccc(O)c2NC1=O.